The number of aliphatic imine (C=N–C) groups is 1. The first kappa shape index (κ1) is 23.7. The molecule has 0 unspecified atom stereocenters. The summed E-state index contributed by atoms with van der Waals surface area (Å²) in [6.45, 7) is 3.86. The third-order valence-electron chi connectivity index (χ3n) is 4.34. The van der Waals surface area contributed by atoms with E-state index < -0.39 is 0 Å². The van der Waals surface area contributed by atoms with E-state index in [-0.39, 0.29) is 17.2 Å². The van der Waals surface area contributed by atoms with E-state index >= 15 is 0 Å². The summed E-state index contributed by atoms with van der Waals surface area (Å²) in [6, 6.07) is 10.1. The largest absolute Gasteiger partial charge is 0.507 e. The van der Waals surface area contributed by atoms with Crippen LogP contribution in [0.2, 0.25) is 0 Å². The lowest BCUT2D eigenvalue weighted by Crippen LogP contribution is -2.41. The number of carbonyl (C=O) groups excluding carboxylic acids is 1. The van der Waals surface area contributed by atoms with Gasteiger partial charge in [0.05, 0.1) is 33.4 Å². The molecular formula is C22H30N4O5. The van der Waals surface area contributed by atoms with Crippen LogP contribution in [0.3, 0.4) is 0 Å². The van der Waals surface area contributed by atoms with Crippen LogP contribution in [0.1, 0.15) is 22.8 Å². The molecule has 0 spiro atoms. The number of guanidine groups is 1. The number of hydrogen-bond acceptors (Lipinski definition) is 6. The summed E-state index contributed by atoms with van der Waals surface area (Å²) in [6.07, 6.45) is 0. The minimum Gasteiger partial charge on any atom is -0.507 e. The molecule has 0 atom stereocenters. The van der Waals surface area contributed by atoms with E-state index in [9.17, 15) is 9.90 Å². The molecule has 9 heteroatoms. The fourth-order valence-corrected chi connectivity index (χ4v) is 2.86. The number of nitrogens with one attached hydrogen (secondary N) is 3. The first-order valence-electron chi connectivity index (χ1n) is 9.91. The number of phenolic OH excluding ortho intramolecular Hbond substituents is 1. The van der Waals surface area contributed by atoms with Crippen LogP contribution in [-0.4, -0.2) is 57.9 Å². The van der Waals surface area contributed by atoms with E-state index in [1.165, 1.54) is 6.07 Å². The zero-order chi connectivity index (χ0) is 22.6. The molecule has 2 rings (SSSR count). The predicted molar refractivity (Wildman–Crippen MR) is 119 cm³/mol. The van der Waals surface area contributed by atoms with Crippen molar-refractivity contribution in [3.05, 3.63) is 47.5 Å². The lowest BCUT2D eigenvalue weighted by atomic mass is 10.2. The Morgan fingerprint density at radius 3 is 2.19 bits per heavy atom. The molecule has 1 amide bonds. The molecule has 2 aromatic carbocycles. The summed E-state index contributed by atoms with van der Waals surface area (Å²) in [5.74, 6) is 1.89. The smallest absolute Gasteiger partial charge is 0.255 e. The number of hydrogen-bond donors (Lipinski definition) is 4. The van der Waals surface area contributed by atoms with E-state index in [2.05, 4.69) is 20.9 Å². The molecule has 0 aliphatic carbocycles. The average molecular weight is 431 g/mol. The number of carbonyl (C=O) groups is 1. The van der Waals surface area contributed by atoms with Crippen LogP contribution in [0, 0.1) is 0 Å². The number of methoxy groups -OCH3 is 3. The zero-order valence-corrected chi connectivity index (χ0v) is 18.3. The fraction of sp³-hybridized carbons (Fsp3) is 0.364. The van der Waals surface area contributed by atoms with Crippen molar-refractivity contribution in [2.24, 2.45) is 4.99 Å². The summed E-state index contributed by atoms with van der Waals surface area (Å²) in [5, 5.41) is 18.8. The first-order chi connectivity index (χ1) is 15.0. The molecule has 0 aliphatic rings. The van der Waals surface area contributed by atoms with Crippen LogP contribution in [0.15, 0.2) is 41.4 Å². The molecular weight excluding hydrogens is 400 g/mol. The quantitative estimate of drug-likeness (QED) is 0.259. The third-order valence-corrected chi connectivity index (χ3v) is 4.34. The number of rotatable bonds is 10. The average Bonchev–Trinajstić information content (AvgIpc) is 2.79. The second-order valence-corrected chi connectivity index (χ2v) is 6.43. The number of phenols is 1. The van der Waals surface area contributed by atoms with Gasteiger partial charge in [0.25, 0.3) is 5.91 Å². The lowest BCUT2D eigenvalue weighted by molar-refractivity contribution is 0.0951. The zero-order valence-electron chi connectivity index (χ0n) is 18.3. The third kappa shape index (κ3) is 6.70. The number of amides is 1. The van der Waals surface area contributed by atoms with Crippen molar-refractivity contribution in [2.45, 2.75) is 13.5 Å². The molecule has 0 saturated carbocycles. The number of benzene rings is 2. The van der Waals surface area contributed by atoms with Gasteiger partial charge >= 0.3 is 0 Å². The maximum atomic E-state index is 12.1. The van der Waals surface area contributed by atoms with E-state index in [4.69, 9.17) is 14.2 Å². The number of para-hydroxylation sites is 1. The maximum Gasteiger partial charge on any atom is 0.255 e. The fourth-order valence-electron chi connectivity index (χ4n) is 2.86. The molecule has 2 aromatic rings. The van der Waals surface area contributed by atoms with E-state index in [1.54, 1.807) is 39.5 Å². The van der Waals surface area contributed by atoms with Crippen molar-refractivity contribution in [3.63, 3.8) is 0 Å². The topological polar surface area (TPSA) is 113 Å². The van der Waals surface area contributed by atoms with Gasteiger partial charge in [-0.15, -0.1) is 0 Å². The number of nitrogens with zero attached hydrogens (tertiary/aromatic N) is 1. The molecule has 0 bridgehead atoms. The highest BCUT2D eigenvalue weighted by molar-refractivity contribution is 5.96. The summed E-state index contributed by atoms with van der Waals surface area (Å²) >= 11 is 0. The van der Waals surface area contributed by atoms with Crippen molar-refractivity contribution >= 4 is 11.9 Å². The van der Waals surface area contributed by atoms with Crippen LogP contribution < -0.4 is 30.2 Å². The van der Waals surface area contributed by atoms with Gasteiger partial charge in [-0.1, -0.05) is 12.1 Å². The predicted octanol–water partition coefficient (Wildman–Crippen LogP) is 1.90. The Bertz CT molecular complexity index is 876. The van der Waals surface area contributed by atoms with E-state index in [0.29, 0.717) is 49.4 Å². The van der Waals surface area contributed by atoms with E-state index in [1.807, 2.05) is 19.1 Å². The molecule has 0 heterocycles. The molecule has 4 N–H and O–H groups in total. The molecule has 0 aliphatic heterocycles. The molecule has 0 aromatic heterocycles. The molecule has 9 nitrogen and oxygen atoms in total. The van der Waals surface area contributed by atoms with Crippen molar-refractivity contribution in [3.8, 4) is 23.0 Å². The van der Waals surface area contributed by atoms with Gasteiger partial charge in [-0.25, -0.2) is 4.99 Å². The standard InChI is InChI=1S/C22H30N4O5/c1-5-23-22(25-11-10-24-21(28)16-8-6-7-9-17(16)27)26-14-15-12-18(29-2)20(31-4)19(13-15)30-3/h6-9,12-13,27H,5,10-11,14H2,1-4H3,(H,24,28)(H2,23,25,26). The van der Waals surface area contributed by atoms with Crippen LogP contribution in [0.5, 0.6) is 23.0 Å². The highest BCUT2D eigenvalue weighted by Gasteiger charge is 2.13. The summed E-state index contributed by atoms with van der Waals surface area (Å²) in [5.41, 5.74) is 1.13. The number of aromatic hydroxyl groups is 1. The maximum absolute atomic E-state index is 12.1. The number of ether oxygens (including phenoxy) is 3. The van der Waals surface area contributed by atoms with Gasteiger partial charge in [-0.05, 0) is 36.8 Å². The Morgan fingerprint density at radius 2 is 1.61 bits per heavy atom. The van der Waals surface area contributed by atoms with Crippen LogP contribution in [0.4, 0.5) is 0 Å². The van der Waals surface area contributed by atoms with Gasteiger partial charge in [0.15, 0.2) is 17.5 Å². The van der Waals surface area contributed by atoms with Crippen molar-refractivity contribution in [1.29, 1.82) is 0 Å². The highest BCUT2D eigenvalue weighted by atomic mass is 16.5. The molecule has 0 saturated heterocycles. The first-order valence-corrected chi connectivity index (χ1v) is 9.91. The van der Waals surface area contributed by atoms with Gasteiger partial charge in [0, 0.05) is 19.6 Å². The monoisotopic (exact) mass is 430 g/mol. The molecule has 0 radical (unpaired) electrons. The Kier molecular flexibility index (Phi) is 9.28. The Labute approximate surface area is 182 Å². The van der Waals surface area contributed by atoms with Crippen LogP contribution >= 0.6 is 0 Å². The molecule has 31 heavy (non-hydrogen) atoms. The summed E-state index contributed by atoms with van der Waals surface area (Å²) in [7, 11) is 4.70. The van der Waals surface area contributed by atoms with Gasteiger partial charge in [-0.2, -0.15) is 0 Å². The van der Waals surface area contributed by atoms with E-state index in [0.717, 1.165) is 5.56 Å². The van der Waals surface area contributed by atoms with Crippen molar-refractivity contribution < 1.29 is 24.1 Å². The van der Waals surface area contributed by atoms with Crippen molar-refractivity contribution in [2.75, 3.05) is 41.0 Å². The van der Waals surface area contributed by atoms with Gasteiger partial charge in [0.2, 0.25) is 5.75 Å². The van der Waals surface area contributed by atoms with Crippen LogP contribution in [0.25, 0.3) is 0 Å². The minimum absolute atomic E-state index is 0.0480. The molecule has 168 valence electrons. The highest BCUT2D eigenvalue weighted by Crippen LogP contribution is 2.38. The summed E-state index contributed by atoms with van der Waals surface area (Å²) in [4.78, 5) is 16.7. The SMILES string of the molecule is CCNC(=NCc1cc(OC)c(OC)c(OC)c1)NCCNC(=O)c1ccccc1O. The second-order valence-electron chi connectivity index (χ2n) is 6.43. The minimum atomic E-state index is -0.334. The van der Waals surface area contributed by atoms with Gasteiger partial charge in [-0.3, -0.25) is 4.79 Å². The van der Waals surface area contributed by atoms with Gasteiger partial charge in [0.1, 0.15) is 5.75 Å². The Morgan fingerprint density at radius 1 is 0.968 bits per heavy atom. The van der Waals surface area contributed by atoms with Crippen LogP contribution in [-0.2, 0) is 6.54 Å². The second kappa shape index (κ2) is 12.2. The van der Waals surface area contributed by atoms with Crippen molar-refractivity contribution in [1.82, 2.24) is 16.0 Å². The van der Waals surface area contributed by atoms with Gasteiger partial charge < -0.3 is 35.3 Å². The normalized spacial score (nSPS) is 10.9. The lowest BCUT2D eigenvalue weighted by Gasteiger charge is -2.14. The molecule has 0 fully saturated rings. The Hall–Kier alpha value is -3.62. The Balaban J connectivity index is 1.96. The summed E-state index contributed by atoms with van der Waals surface area (Å²) < 4.78 is 16.1.